The lowest BCUT2D eigenvalue weighted by Gasteiger charge is -2.27. The smallest absolute Gasteiger partial charge is 0.426 e. The van der Waals surface area contributed by atoms with Gasteiger partial charge in [0.25, 0.3) is 0 Å². The summed E-state index contributed by atoms with van der Waals surface area (Å²) in [6.07, 6.45) is -2.05. The Kier molecular flexibility index (Phi) is 10.4. The van der Waals surface area contributed by atoms with Crippen LogP contribution < -0.4 is 4.90 Å². The van der Waals surface area contributed by atoms with Gasteiger partial charge in [0.1, 0.15) is 22.5 Å². The quantitative estimate of drug-likeness (QED) is 0.189. The Bertz CT molecular complexity index is 1030. The Morgan fingerprint density at radius 2 is 1.32 bits per heavy atom. The van der Waals surface area contributed by atoms with Crippen LogP contribution in [0.2, 0.25) is 0 Å². The van der Waals surface area contributed by atoms with Gasteiger partial charge < -0.3 is 23.8 Å². The molecule has 0 N–H and O–H groups in total. The predicted octanol–water partition coefficient (Wildman–Crippen LogP) is 5.22. The zero-order chi connectivity index (χ0) is 29.7. The minimum Gasteiger partial charge on any atom is -0.461 e. The molecule has 0 aliphatic heterocycles. The monoisotopic (exact) mass is 557 g/mol. The predicted molar refractivity (Wildman–Crippen MR) is 141 cm³/mol. The van der Waals surface area contributed by atoms with Crippen LogP contribution in [0.3, 0.4) is 0 Å². The van der Waals surface area contributed by atoms with Gasteiger partial charge in [-0.3, -0.25) is 0 Å². The van der Waals surface area contributed by atoms with Gasteiger partial charge in [0.05, 0.1) is 6.61 Å². The van der Waals surface area contributed by atoms with E-state index in [1.165, 1.54) is 19.2 Å². The van der Waals surface area contributed by atoms with Crippen molar-refractivity contribution in [1.29, 1.82) is 0 Å². The van der Waals surface area contributed by atoms with Gasteiger partial charge in [-0.05, 0) is 83.1 Å². The van der Waals surface area contributed by atoms with Crippen molar-refractivity contribution in [2.45, 2.75) is 105 Å². The van der Waals surface area contributed by atoms with Crippen molar-refractivity contribution in [3.8, 4) is 0 Å². The average molecular weight is 558 g/mol. The number of hydrogen-bond donors (Lipinski definition) is 0. The molecule has 0 radical (unpaired) electrons. The fraction of sp³-hybridized carbons (Fsp3) is 0.680. The number of oxime groups is 1. The van der Waals surface area contributed by atoms with Crippen molar-refractivity contribution in [3.63, 3.8) is 0 Å². The van der Waals surface area contributed by atoms with Crippen LogP contribution in [-0.2, 0) is 33.4 Å². The number of thiazole rings is 1. The van der Waals surface area contributed by atoms with E-state index >= 15 is 0 Å². The van der Waals surface area contributed by atoms with Crippen molar-refractivity contribution in [2.75, 3.05) is 11.5 Å². The molecule has 0 aliphatic carbocycles. The Labute approximate surface area is 227 Å². The summed E-state index contributed by atoms with van der Waals surface area (Å²) >= 11 is 0.855. The number of ether oxygens (including phenoxy) is 4. The van der Waals surface area contributed by atoms with E-state index in [1.54, 1.807) is 69.2 Å². The molecule has 38 heavy (non-hydrogen) atoms. The Morgan fingerprint density at radius 1 is 0.842 bits per heavy atom. The fourth-order valence-corrected chi connectivity index (χ4v) is 3.09. The topological polar surface area (TPSA) is 143 Å². The summed E-state index contributed by atoms with van der Waals surface area (Å²) in [5, 5.41) is 5.08. The van der Waals surface area contributed by atoms with Gasteiger partial charge in [-0.1, -0.05) is 5.16 Å². The number of nitrogens with zero attached hydrogens (tertiary/aromatic N) is 3. The maximum atomic E-state index is 12.9. The number of esters is 2. The van der Waals surface area contributed by atoms with Crippen LogP contribution in [0.5, 0.6) is 0 Å². The Hall–Kier alpha value is -3.22. The summed E-state index contributed by atoms with van der Waals surface area (Å²) in [5.41, 5.74) is -4.64. The van der Waals surface area contributed by atoms with E-state index in [9.17, 15) is 19.2 Å². The van der Waals surface area contributed by atoms with Crippen molar-refractivity contribution >= 4 is 46.3 Å². The zero-order valence-corrected chi connectivity index (χ0v) is 25.0. The molecule has 0 saturated heterocycles. The Balaban J connectivity index is 3.47. The highest BCUT2D eigenvalue weighted by Crippen LogP contribution is 2.26. The average Bonchev–Trinajstić information content (AvgIpc) is 3.13. The number of aromatic nitrogens is 1. The molecule has 0 fully saturated rings. The molecule has 1 aromatic heterocycles. The van der Waals surface area contributed by atoms with Crippen LogP contribution in [0, 0.1) is 0 Å². The van der Waals surface area contributed by atoms with E-state index < -0.39 is 46.5 Å². The highest BCUT2D eigenvalue weighted by atomic mass is 32.1. The molecule has 2 amide bonds. The van der Waals surface area contributed by atoms with Crippen LogP contribution >= 0.6 is 11.3 Å². The third-order valence-electron chi connectivity index (χ3n) is 3.80. The van der Waals surface area contributed by atoms with Crippen LogP contribution in [0.15, 0.2) is 10.5 Å². The number of imide groups is 1. The number of rotatable bonds is 7. The van der Waals surface area contributed by atoms with Gasteiger partial charge >= 0.3 is 24.1 Å². The molecular formula is C25H39N3O9S. The molecule has 0 aliphatic rings. The molecule has 0 aromatic carbocycles. The number of anilines is 1. The number of hydrogen-bond acceptors (Lipinski definition) is 12. The molecule has 0 spiro atoms. The summed E-state index contributed by atoms with van der Waals surface area (Å²) < 4.78 is 21.1. The highest BCUT2D eigenvalue weighted by Gasteiger charge is 2.37. The lowest BCUT2D eigenvalue weighted by molar-refractivity contribution is -0.179. The normalized spacial score (nSPS) is 12.9. The second-order valence-electron chi connectivity index (χ2n) is 11.6. The number of carbonyl (C=O) groups excluding carboxylic acids is 4. The molecule has 1 rings (SSSR count). The first kappa shape index (κ1) is 32.8. The summed E-state index contributed by atoms with van der Waals surface area (Å²) in [6.45, 7) is 19.4. The first-order chi connectivity index (χ1) is 17.1. The highest BCUT2D eigenvalue weighted by molar-refractivity contribution is 7.14. The maximum Gasteiger partial charge on any atom is 0.426 e. The van der Waals surface area contributed by atoms with Crippen molar-refractivity contribution in [2.24, 2.45) is 5.16 Å². The van der Waals surface area contributed by atoms with Gasteiger partial charge in [-0.2, -0.15) is 4.90 Å². The molecule has 0 bridgehead atoms. The number of carbonyl (C=O) groups is 4. The molecule has 214 valence electrons. The van der Waals surface area contributed by atoms with Crippen LogP contribution in [0.4, 0.5) is 14.7 Å². The van der Waals surface area contributed by atoms with Crippen LogP contribution in [0.25, 0.3) is 0 Å². The van der Waals surface area contributed by atoms with E-state index in [4.69, 9.17) is 23.8 Å². The molecule has 0 atom stereocenters. The standard InChI is InChI=1S/C25H39N3O9S/c1-13-33-17(29)16(27-37-25(11,12)18(30)34-22(2,3)4)15-14-38-19(26-15)28(20(31)35-23(5,6)7)21(32)36-24(8,9)10/h14H,13H2,1-12H3/b27-16-. The van der Waals surface area contributed by atoms with Gasteiger partial charge in [0.2, 0.25) is 16.4 Å². The van der Waals surface area contributed by atoms with Crippen molar-refractivity contribution in [3.05, 3.63) is 11.1 Å². The SMILES string of the molecule is CCOC(=O)/C(=N\OC(C)(C)C(=O)OC(C)(C)C)c1csc(N(C(=O)OC(C)(C)C)C(=O)OC(C)(C)C)n1. The van der Waals surface area contributed by atoms with Gasteiger partial charge in [-0.25, -0.2) is 24.2 Å². The third kappa shape index (κ3) is 10.6. The third-order valence-corrected chi connectivity index (χ3v) is 4.63. The molecule has 12 nitrogen and oxygen atoms in total. The van der Waals surface area contributed by atoms with E-state index in [0.29, 0.717) is 4.90 Å². The number of amides is 2. The lowest BCUT2D eigenvalue weighted by Crippen LogP contribution is -2.43. The van der Waals surface area contributed by atoms with E-state index in [1.807, 2.05) is 0 Å². The maximum absolute atomic E-state index is 12.9. The summed E-state index contributed by atoms with van der Waals surface area (Å²) in [4.78, 5) is 61.3. The van der Waals surface area contributed by atoms with Crippen molar-refractivity contribution < 1.29 is 43.0 Å². The summed E-state index contributed by atoms with van der Waals surface area (Å²) in [7, 11) is 0. The van der Waals surface area contributed by atoms with Crippen LogP contribution in [0.1, 0.15) is 88.8 Å². The largest absolute Gasteiger partial charge is 0.461 e. The molecular weight excluding hydrogens is 518 g/mol. The van der Waals surface area contributed by atoms with Crippen molar-refractivity contribution in [1.82, 2.24) is 4.98 Å². The Morgan fingerprint density at radius 3 is 1.74 bits per heavy atom. The van der Waals surface area contributed by atoms with E-state index in [2.05, 4.69) is 10.1 Å². The van der Waals surface area contributed by atoms with E-state index in [-0.39, 0.29) is 23.1 Å². The zero-order valence-electron chi connectivity index (χ0n) is 24.2. The van der Waals surface area contributed by atoms with Crippen LogP contribution in [-0.4, -0.2) is 63.8 Å². The molecule has 1 aromatic rings. The van der Waals surface area contributed by atoms with E-state index in [0.717, 1.165) is 11.3 Å². The first-order valence-electron chi connectivity index (χ1n) is 11.9. The molecule has 0 unspecified atom stereocenters. The summed E-state index contributed by atoms with van der Waals surface area (Å²) in [5.74, 6) is -1.61. The fourth-order valence-electron chi connectivity index (χ4n) is 2.31. The first-order valence-corrected chi connectivity index (χ1v) is 12.8. The second kappa shape index (κ2) is 12.1. The molecule has 13 heteroatoms. The minimum absolute atomic E-state index is 0.0201. The molecule has 0 saturated carbocycles. The summed E-state index contributed by atoms with van der Waals surface area (Å²) in [6, 6.07) is 0. The lowest BCUT2D eigenvalue weighted by atomic mass is 10.1. The second-order valence-corrected chi connectivity index (χ2v) is 12.4. The van der Waals surface area contributed by atoms with Gasteiger partial charge in [0.15, 0.2) is 0 Å². The molecule has 1 heterocycles. The minimum atomic E-state index is -1.57. The van der Waals surface area contributed by atoms with Gasteiger partial charge in [-0.15, -0.1) is 11.3 Å². The van der Waals surface area contributed by atoms with Gasteiger partial charge in [0, 0.05) is 5.38 Å².